The van der Waals surface area contributed by atoms with Crippen LogP contribution in [0.4, 0.5) is 13.2 Å². The van der Waals surface area contributed by atoms with Gasteiger partial charge in [0.1, 0.15) is 16.4 Å². The highest BCUT2D eigenvalue weighted by molar-refractivity contribution is 7.10. The van der Waals surface area contributed by atoms with Crippen molar-refractivity contribution in [2.45, 2.75) is 18.7 Å². The number of thiazole rings is 1. The minimum absolute atomic E-state index is 0.354. The predicted molar refractivity (Wildman–Crippen MR) is 94.2 cm³/mol. The molecular formula is C19H16F3NO2S. The van der Waals surface area contributed by atoms with Crippen LogP contribution in [0.5, 0.6) is 5.75 Å². The van der Waals surface area contributed by atoms with Crippen LogP contribution in [-0.2, 0) is 11.8 Å². The Kier molecular flexibility index (Phi) is 4.77. The Labute approximate surface area is 152 Å². The van der Waals surface area contributed by atoms with E-state index in [9.17, 15) is 18.3 Å². The Bertz CT molecular complexity index is 902. The number of alkyl halides is 3. The van der Waals surface area contributed by atoms with Crippen LogP contribution in [0.25, 0.3) is 11.3 Å². The van der Waals surface area contributed by atoms with E-state index in [1.165, 1.54) is 17.4 Å². The molecule has 1 aromatic heterocycles. The second-order valence-electron chi connectivity index (χ2n) is 5.92. The molecule has 1 unspecified atom stereocenters. The van der Waals surface area contributed by atoms with E-state index in [2.05, 4.69) is 4.98 Å². The summed E-state index contributed by atoms with van der Waals surface area (Å²) in [6, 6.07) is 11.9. The summed E-state index contributed by atoms with van der Waals surface area (Å²) in [6.45, 7) is 1.60. The number of methoxy groups -OCH3 is 1. The number of benzene rings is 2. The zero-order valence-corrected chi connectivity index (χ0v) is 14.9. The zero-order valence-electron chi connectivity index (χ0n) is 14.0. The summed E-state index contributed by atoms with van der Waals surface area (Å²) in [4.78, 5) is 4.36. The summed E-state index contributed by atoms with van der Waals surface area (Å²) >= 11 is 1.20. The molecule has 0 bridgehead atoms. The third-order valence-electron chi connectivity index (χ3n) is 4.06. The molecule has 26 heavy (non-hydrogen) atoms. The summed E-state index contributed by atoms with van der Waals surface area (Å²) in [5, 5.41) is 12.9. The highest BCUT2D eigenvalue weighted by Crippen LogP contribution is 2.36. The Balaban J connectivity index is 1.94. The molecule has 0 aliphatic heterocycles. The Morgan fingerprint density at radius 1 is 1.04 bits per heavy atom. The van der Waals surface area contributed by atoms with Crippen LogP contribution in [0.15, 0.2) is 53.9 Å². The number of hydrogen-bond acceptors (Lipinski definition) is 4. The van der Waals surface area contributed by atoms with Gasteiger partial charge in [-0.1, -0.05) is 24.3 Å². The maximum absolute atomic E-state index is 12.9. The van der Waals surface area contributed by atoms with Crippen molar-refractivity contribution in [1.82, 2.24) is 4.98 Å². The van der Waals surface area contributed by atoms with Gasteiger partial charge < -0.3 is 9.84 Å². The number of ether oxygens (including phenoxy) is 1. The SMILES string of the molecule is COc1ccc(C(C)(O)c2nc(-c3cccc(C(F)(F)F)c3)cs2)cc1. The quantitative estimate of drug-likeness (QED) is 0.686. The number of aliphatic hydroxyl groups is 1. The first-order chi connectivity index (χ1) is 12.2. The number of nitrogens with zero attached hydrogens (tertiary/aromatic N) is 1. The molecule has 0 saturated heterocycles. The van der Waals surface area contributed by atoms with E-state index in [1.807, 2.05) is 0 Å². The van der Waals surface area contributed by atoms with Crippen LogP contribution < -0.4 is 4.74 Å². The lowest BCUT2D eigenvalue weighted by molar-refractivity contribution is -0.137. The molecule has 0 aliphatic rings. The van der Waals surface area contributed by atoms with Crippen molar-refractivity contribution in [3.8, 4) is 17.0 Å². The van der Waals surface area contributed by atoms with Crippen LogP contribution in [0, 0.1) is 0 Å². The van der Waals surface area contributed by atoms with Crippen LogP contribution in [0.2, 0.25) is 0 Å². The summed E-state index contributed by atoms with van der Waals surface area (Å²) < 4.78 is 43.8. The first-order valence-electron chi connectivity index (χ1n) is 7.72. The number of rotatable bonds is 4. The molecule has 3 rings (SSSR count). The molecule has 136 valence electrons. The second-order valence-corrected chi connectivity index (χ2v) is 6.78. The fourth-order valence-electron chi connectivity index (χ4n) is 2.52. The van der Waals surface area contributed by atoms with E-state index in [0.29, 0.717) is 27.6 Å². The maximum atomic E-state index is 12.9. The fraction of sp³-hybridized carbons (Fsp3) is 0.211. The smallest absolute Gasteiger partial charge is 0.416 e. The van der Waals surface area contributed by atoms with Gasteiger partial charge in [0.25, 0.3) is 0 Å². The van der Waals surface area contributed by atoms with Crippen molar-refractivity contribution in [3.63, 3.8) is 0 Å². The number of hydrogen-bond donors (Lipinski definition) is 1. The third kappa shape index (κ3) is 3.59. The van der Waals surface area contributed by atoms with Crippen LogP contribution >= 0.6 is 11.3 Å². The molecule has 0 radical (unpaired) electrons. The lowest BCUT2D eigenvalue weighted by atomic mass is 9.96. The minimum atomic E-state index is -4.41. The highest BCUT2D eigenvalue weighted by atomic mass is 32.1. The van der Waals surface area contributed by atoms with Gasteiger partial charge in [-0.3, -0.25) is 0 Å². The van der Waals surface area contributed by atoms with Crippen LogP contribution in [0.3, 0.4) is 0 Å². The van der Waals surface area contributed by atoms with Gasteiger partial charge in [0.15, 0.2) is 0 Å². The van der Waals surface area contributed by atoms with E-state index >= 15 is 0 Å². The predicted octanol–water partition coefficient (Wildman–Crippen LogP) is 5.09. The number of halogens is 3. The van der Waals surface area contributed by atoms with E-state index in [1.54, 1.807) is 49.7 Å². The summed E-state index contributed by atoms with van der Waals surface area (Å²) in [5.74, 6) is 0.661. The van der Waals surface area contributed by atoms with E-state index in [-0.39, 0.29) is 0 Å². The van der Waals surface area contributed by atoms with Gasteiger partial charge in [0.2, 0.25) is 0 Å². The minimum Gasteiger partial charge on any atom is -0.497 e. The molecule has 0 fully saturated rings. The maximum Gasteiger partial charge on any atom is 0.416 e. The van der Waals surface area contributed by atoms with Gasteiger partial charge in [-0.2, -0.15) is 13.2 Å². The highest BCUT2D eigenvalue weighted by Gasteiger charge is 2.32. The van der Waals surface area contributed by atoms with E-state index in [4.69, 9.17) is 4.74 Å². The lowest BCUT2D eigenvalue weighted by Crippen LogP contribution is -2.22. The molecular weight excluding hydrogens is 363 g/mol. The van der Waals surface area contributed by atoms with Crippen molar-refractivity contribution in [2.24, 2.45) is 0 Å². The first kappa shape index (κ1) is 18.4. The van der Waals surface area contributed by atoms with Gasteiger partial charge in [-0.25, -0.2) is 4.98 Å². The van der Waals surface area contributed by atoms with Crippen molar-refractivity contribution in [2.75, 3.05) is 7.11 Å². The topological polar surface area (TPSA) is 42.4 Å². The Morgan fingerprint density at radius 2 is 1.73 bits per heavy atom. The molecule has 2 aromatic carbocycles. The van der Waals surface area contributed by atoms with E-state index < -0.39 is 17.3 Å². The largest absolute Gasteiger partial charge is 0.497 e. The fourth-order valence-corrected chi connectivity index (χ4v) is 3.43. The summed E-state index contributed by atoms with van der Waals surface area (Å²) in [6.07, 6.45) is -4.41. The van der Waals surface area contributed by atoms with E-state index in [0.717, 1.165) is 12.1 Å². The van der Waals surface area contributed by atoms with Crippen molar-refractivity contribution in [1.29, 1.82) is 0 Å². The molecule has 7 heteroatoms. The molecule has 0 spiro atoms. The normalized spacial score (nSPS) is 14.1. The van der Waals surface area contributed by atoms with Gasteiger partial charge in [0, 0.05) is 10.9 Å². The molecule has 1 heterocycles. The lowest BCUT2D eigenvalue weighted by Gasteiger charge is -2.21. The Hall–Kier alpha value is -2.38. The Morgan fingerprint density at radius 3 is 2.35 bits per heavy atom. The third-order valence-corrected chi connectivity index (χ3v) is 5.11. The molecule has 0 saturated carbocycles. The van der Waals surface area contributed by atoms with Gasteiger partial charge >= 0.3 is 6.18 Å². The molecule has 1 atom stereocenters. The zero-order chi connectivity index (χ0) is 18.9. The van der Waals surface area contributed by atoms with Crippen LogP contribution in [0.1, 0.15) is 23.1 Å². The van der Waals surface area contributed by atoms with Crippen molar-refractivity contribution < 1.29 is 23.0 Å². The molecule has 0 aliphatic carbocycles. The molecule has 0 amide bonds. The van der Waals surface area contributed by atoms with Crippen molar-refractivity contribution >= 4 is 11.3 Å². The van der Waals surface area contributed by atoms with Crippen LogP contribution in [-0.4, -0.2) is 17.2 Å². The first-order valence-corrected chi connectivity index (χ1v) is 8.60. The number of aromatic nitrogens is 1. The summed E-state index contributed by atoms with van der Waals surface area (Å²) in [7, 11) is 1.55. The molecule has 3 aromatic rings. The molecule has 3 nitrogen and oxygen atoms in total. The standard InChI is InChI=1S/C19H16F3NO2S/c1-18(24,13-6-8-15(25-2)9-7-13)17-23-16(11-26-17)12-4-3-5-14(10-12)19(20,21)22/h3-11,24H,1-2H3. The second kappa shape index (κ2) is 6.74. The summed E-state index contributed by atoms with van der Waals surface area (Å²) in [5.41, 5.74) is -0.732. The average molecular weight is 379 g/mol. The van der Waals surface area contributed by atoms with Gasteiger partial charge in [-0.05, 0) is 36.8 Å². The van der Waals surface area contributed by atoms with Gasteiger partial charge in [-0.15, -0.1) is 11.3 Å². The van der Waals surface area contributed by atoms with Crippen molar-refractivity contribution in [3.05, 3.63) is 70.0 Å². The molecule has 1 N–H and O–H groups in total. The monoisotopic (exact) mass is 379 g/mol. The van der Waals surface area contributed by atoms with Gasteiger partial charge in [0.05, 0.1) is 18.4 Å². The average Bonchev–Trinajstić information content (AvgIpc) is 3.12.